The normalized spacial score (nSPS) is 25.9. The quantitative estimate of drug-likeness (QED) is 0.602. The van der Waals surface area contributed by atoms with Gasteiger partial charge in [-0.25, -0.2) is 13.2 Å². The molecule has 1 heterocycles. The third kappa shape index (κ3) is 4.46. The highest BCUT2D eigenvalue weighted by atomic mass is 35.5. The Morgan fingerprint density at radius 1 is 1.32 bits per heavy atom. The number of hydrogen-bond donors (Lipinski definition) is 2. The second-order valence-corrected chi connectivity index (χ2v) is 9.20. The number of carbonyl (C=O) groups is 2. The number of ether oxygens (including phenoxy) is 1. The molecule has 12 heteroatoms. The lowest BCUT2D eigenvalue weighted by Gasteiger charge is -2.58. The van der Waals surface area contributed by atoms with Gasteiger partial charge < -0.3 is 24.6 Å². The van der Waals surface area contributed by atoms with Gasteiger partial charge in [-0.15, -0.1) is 0 Å². The lowest BCUT2D eigenvalue weighted by Crippen LogP contribution is -2.70. The van der Waals surface area contributed by atoms with Gasteiger partial charge in [-0.3, -0.25) is 9.59 Å². The number of hydrogen-bond acceptors (Lipinski definition) is 6. The molecule has 2 amide bonds. The molecule has 3 fully saturated rings. The van der Waals surface area contributed by atoms with E-state index >= 15 is 0 Å². The maximum atomic E-state index is 13.5. The number of aliphatic hydroxyl groups is 1. The molecule has 0 unspecified atom stereocenters. The van der Waals surface area contributed by atoms with Crippen LogP contribution in [0.5, 0.6) is 5.75 Å². The summed E-state index contributed by atoms with van der Waals surface area (Å²) in [6, 6.07) is 4.75. The molecule has 34 heavy (non-hydrogen) atoms. The lowest BCUT2D eigenvalue weighted by molar-refractivity contribution is -0.135. The number of nitrogens with zero attached hydrogens (tertiary/aromatic N) is 2. The molecule has 3 saturated carbocycles. The third-order valence-corrected chi connectivity index (χ3v) is 7.22. The largest absolute Gasteiger partial charge is 0.484 e. The molecule has 1 atom stereocenters. The van der Waals surface area contributed by atoms with Crippen molar-refractivity contribution in [2.45, 2.75) is 55.7 Å². The maximum absolute atomic E-state index is 13.5. The minimum atomic E-state index is -2.85. The minimum Gasteiger partial charge on any atom is -0.484 e. The van der Waals surface area contributed by atoms with Crippen LogP contribution in [0.4, 0.5) is 13.2 Å². The molecule has 2 N–H and O–H groups in total. The van der Waals surface area contributed by atoms with Gasteiger partial charge in [0, 0.05) is 24.7 Å². The summed E-state index contributed by atoms with van der Waals surface area (Å²) in [4.78, 5) is 26.8. The average Bonchev–Trinajstić information content (AvgIpc) is 3.31. The standard InChI is InChI=1S/C22H23ClF3N3O5/c1-29(20(32)16-9-15(19(25)26)28-34-16)21-4-6-22(7-5-21,17(30)10-21)27-18(31)11-33-12-2-3-13(23)14(24)8-12/h2-3,8-9,17,19,30H,4-7,10-11H2,1H3,(H,27,31)/t17-,21?,22?/m0/s1. The molecule has 1 aromatic carbocycles. The smallest absolute Gasteiger partial charge is 0.292 e. The van der Waals surface area contributed by atoms with Crippen molar-refractivity contribution in [1.29, 1.82) is 0 Å². The number of alkyl halides is 2. The molecule has 8 nitrogen and oxygen atoms in total. The van der Waals surface area contributed by atoms with E-state index in [2.05, 4.69) is 10.5 Å². The van der Waals surface area contributed by atoms with E-state index in [1.807, 2.05) is 0 Å². The molecule has 0 spiro atoms. The van der Waals surface area contributed by atoms with Gasteiger partial charge >= 0.3 is 0 Å². The highest BCUT2D eigenvalue weighted by molar-refractivity contribution is 6.30. The number of aliphatic hydroxyl groups excluding tert-OH is 1. The van der Waals surface area contributed by atoms with E-state index in [4.69, 9.17) is 20.9 Å². The molecule has 0 saturated heterocycles. The second kappa shape index (κ2) is 9.10. The van der Waals surface area contributed by atoms with Crippen LogP contribution in [-0.2, 0) is 4.79 Å². The highest BCUT2D eigenvalue weighted by Gasteiger charge is 2.57. The summed E-state index contributed by atoms with van der Waals surface area (Å²) in [5.74, 6) is -1.90. The zero-order chi connectivity index (χ0) is 24.7. The topological polar surface area (TPSA) is 105 Å². The Labute approximate surface area is 198 Å². The Hall–Kier alpha value is -2.79. The van der Waals surface area contributed by atoms with E-state index in [0.29, 0.717) is 25.7 Å². The number of fused-ring (bicyclic) bond motifs is 3. The van der Waals surface area contributed by atoms with Crippen molar-refractivity contribution >= 4 is 23.4 Å². The van der Waals surface area contributed by atoms with Gasteiger partial charge in [-0.1, -0.05) is 16.8 Å². The van der Waals surface area contributed by atoms with Gasteiger partial charge in [0.2, 0.25) is 5.76 Å². The minimum absolute atomic E-state index is 0.0621. The van der Waals surface area contributed by atoms with Crippen molar-refractivity contribution in [2.24, 2.45) is 0 Å². The van der Waals surface area contributed by atoms with E-state index < -0.39 is 46.9 Å². The van der Waals surface area contributed by atoms with Crippen LogP contribution < -0.4 is 10.1 Å². The van der Waals surface area contributed by atoms with E-state index in [0.717, 1.165) is 12.1 Å². The maximum Gasteiger partial charge on any atom is 0.292 e. The van der Waals surface area contributed by atoms with Gasteiger partial charge in [-0.2, -0.15) is 0 Å². The fraction of sp³-hybridized carbons (Fsp3) is 0.500. The first-order valence-corrected chi connectivity index (χ1v) is 11.0. The molecule has 2 bridgehead atoms. The molecule has 3 aliphatic carbocycles. The van der Waals surface area contributed by atoms with Crippen molar-refractivity contribution in [2.75, 3.05) is 13.7 Å². The molecular weight excluding hydrogens is 479 g/mol. The van der Waals surface area contributed by atoms with Crippen LogP contribution in [0.1, 0.15) is 54.8 Å². The highest BCUT2D eigenvalue weighted by Crippen LogP contribution is 2.50. The fourth-order valence-electron chi connectivity index (χ4n) is 4.84. The van der Waals surface area contributed by atoms with Crippen LogP contribution >= 0.6 is 11.6 Å². The van der Waals surface area contributed by atoms with Crippen molar-refractivity contribution in [3.8, 4) is 5.75 Å². The van der Waals surface area contributed by atoms with Gasteiger partial charge in [0.25, 0.3) is 18.2 Å². The van der Waals surface area contributed by atoms with Crippen LogP contribution in [0, 0.1) is 5.82 Å². The first kappa shape index (κ1) is 24.3. The Morgan fingerprint density at radius 3 is 2.62 bits per heavy atom. The first-order chi connectivity index (χ1) is 16.0. The monoisotopic (exact) mass is 501 g/mol. The predicted molar refractivity (Wildman–Crippen MR) is 113 cm³/mol. The van der Waals surface area contributed by atoms with E-state index in [9.17, 15) is 27.9 Å². The van der Waals surface area contributed by atoms with Crippen LogP contribution in [0.25, 0.3) is 0 Å². The van der Waals surface area contributed by atoms with Crippen LogP contribution in [0.3, 0.4) is 0 Å². The van der Waals surface area contributed by atoms with Crippen molar-refractivity contribution < 1.29 is 37.1 Å². The van der Waals surface area contributed by atoms with Crippen molar-refractivity contribution in [3.63, 3.8) is 0 Å². The summed E-state index contributed by atoms with van der Waals surface area (Å²) in [7, 11) is 1.54. The number of halogens is 4. The Balaban J connectivity index is 1.38. The number of benzene rings is 1. The average molecular weight is 502 g/mol. The molecule has 2 aromatic rings. The zero-order valence-electron chi connectivity index (χ0n) is 18.2. The molecular formula is C22H23ClF3N3O5. The lowest BCUT2D eigenvalue weighted by atomic mass is 9.59. The number of carbonyl (C=O) groups excluding carboxylic acids is 2. The van der Waals surface area contributed by atoms with E-state index in [1.54, 1.807) is 0 Å². The summed E-state index contributed by atoms with van der Waals surface area (Å²) in [6.07, 6.45) is -1.87. The van der Waals surface area contributed by atoms with Crippen LogP contribution in [-0.4, -0.2) is 57.8 Å². The third-order valence-electron chi connectivity index (χ3n) is 6.91. The van der Waals surface area contributed by atoms with Crippen LogP contribution in [0.2, 0.25) is 5.02 Å². The van der Waals surface area contributed by atoms with Gasteiger partial charge in [-0.05, 0) is 44.2 Å². The molecule has 0 aliphatic heterocycles. The Kier molecular flexibility index (Phi) is 6.52. The summed E-state index contributed by atoms with van der Waals surface area (Å²) >= 11 is 5.63. The van der Waals surface area contributed by atoms with Crippen LogP contribution in [0.15, 0.2) is 28.8 Å². The fourth-order valence-corrected chi connectivity index (χ4v) is 4.95. The zero-order valence-corrected chi connectivity index (χ0v) is 18.9. The SMILES string of the molecule is CN(C(=O)c1cc(C(F)F)no1)C12CCC(NC(=O)COc3ccc(Cl)c(F)c3)(CC1)[C@@H](O)C2. The van der Waals surface area contributed by atoms with Gasteiger partial charge in [0.1, 0.15) is 11.6 Å². The Morgan fingerprint density at radius 2 is 2.03 bits per heavy atom. The molecule has 184 valence electrons. The number of amides is 2. The van der Waals surface area contributed by atoms with Crippen molar-refractivity contribution in [1.82, 2.24) is 15.4 Å². The molecule has 0 radical (unpaired) electrons. The molecule has 3 aliphatic rings. The van der Waals surface area contributed by atoms with E-state index in [-0.39, 0.29) is 29.6 Å². The first-order valence-electron chi connectivity index (χ1n) is 10.7. The number of nitrogens with one attached hydrogen (secondary N) is 1. The van der Waals surface area contributed by atoms with E-state index in [1.165, 1.54) is 24.1 Å². The molecule has 5 rings (SSSR count). The summed E-state index contributed by atoms with van der Waals surface area (Å²) in [6.45, 7) is -0.378. The Bertz CT molecular complexity index is 1090. The summed E-state index contributed by atoms with van der Waals surface area (Å²) < 4.78 is 49.2. The van der Waals surface area contributed by atoms with Crippen molar-refractivity contribution in [3.05, 3.63) is 46.6 Å². The van der Waals surface area contributed by atoms with Gasteiger partial charge in [0.15, 0.2) is 12.3 Å². The second-order valence-electron chi connectivity index (χ2n) is 8.79. The van der Waals surface area contributed by atoms with Gasteiger partial charge in [0.05, 0.1) is 16.7 Å². The molecule has 1 aromatic heterocycles. The predicted octanol–water partition coefficient (Wildman–Crippen LogP) is 3.49. The number of aromatic nitrogens is 1. The number of rotatable bonds is 7. The summed E-state index contributed by atoms with van der Waals surface area (Å²) in [5, 5.41) is 16.9. The summed E-state index contributed by atoms with van der Waals surface area (Å²) in [5.41, 5.74) is -2.21.